The van der Waals surface area contributed by atoms with Crippen molar-refractivity contribution in [2.75, 3.05) is 0 Å². The van der Waals surface area contributed by atoms with E-state index in [1.807, 2.05) is 0 Å². The van der Waals surface area contributed by atoms with E-state index in [0.717, 1.165) is 5.92 Å². The molecule has 0 spiro atoms. The van der Waals surface area contributed by atoms with Crippen molar-refractivity contribution in [2.45, 2.75) is 12.8 Å². The number of hydrogen-bond donors (Lipinski definition) is 0. The summed E-state index contributed by atoms with van der Waals surface area (Å²) < 4.78 is 1.50. The molecule has 0 amide bonds. The fourth-order valence-electron chi connectivity index (χ4n) is 0.454. The molecule has 0 N–H and O–H groups in total. The molecule has 0 heterocycles. The maximum atomic E-state index is 3.87. The Labute approximate surface area is 51.7 Å². The Bertz CT molecular complexity index is 72.0. The second-order valence-corrected chi connectivity index (χ2v) is 3.97. The Morgan fingerprint density at radius 1 is 1.67 bits per heavy atom. The minimum absolute atomic E-state index is 0.965. The van der Waals surface area contributed by atoms with Crippen molar-refractivity contribution in [3.8, 4) is 0 Å². The Balaban J connectivity index is 2.31. The molecule has 6 heavy (non-hydrogen) atoms. The standard InChI is InChI=1S/C5H7.Sn.H/c1-2-5-3-4-5;;/h5H,1,3-4H2;;. The monoisotopic (exact) mass is 188 g/mol. The molecule has 0 unspecified atom stereocenters. The molecule has 1 saturated carbocycles. The van der Waals surface area contributed by atoms with Crippen LogP contribution < -0.4 is 0 Å². The van der Waals surface area contributed by atoms with Gasteiger partial charge in [-0.05, 0) is 0 Å². The van der Waals surface area contributed by atoms with Gasteiger partial charge in [-0.2, -0.15) is 0 Å². The second-order valence-electron chi connectivity index (χ2n) is 1.85. The first-order valence-corrected chi connectivity index (χ1v) is 3.90. The van der Waals surface area contributed by atoms with Gasteiger partial charge in [0.25, 0.3) is 0 Å². The van der Waals surface area contributed by atoms with Crippen LogP contribution in [-0.4, -0.2) is 22.5 Å². The molecule has 0 nitrogen and oxygen atoms in total. The van der Waals surface area contributed by atoms with Gasteiger partial charge in [0.15, 0.2) is 0 Å². The summed E-state index contributed by atoms with van der Waals surface area (Å²) in [5.74, 6) is 0.965. The van der Waals surface area contributed by atoms with Crippen LogP contribution in [0, 0.1) is 5.92 Å². The Morgan fingerprint density at radius 2 is 2.17 bits per heavy atom. The summed E-state index contributed by atoms with van der Waals surface area (Å²) in [6.07, 6.45) is 2.86. The molecule has 2 radical (unpaired) electrons. The van der Waals surface area contributed by atoms with Gasteiger partial charge in [-0.1, -0.05) is 0 Å². The van der Waals surface area contributed by atoms with Crippen LogP contribution >= 0.6 is 0 Å². The van der Waals surface area contributed by atoms with Crippen LogP contribution in [0.4, 0.5) is 0 Å². The van der Waals surface area contributed by atoms with Crippen molar-refractivity contribution in [2.24, 2.45) is 5.92 Å². The van der Waals surface area contributed by atoms with Crippen molar-refractivity contribution in [1.82, 2.24) is 0 Å². The summed E-state index contributed by atoms with van der Waals surface area (Å²) in [5.41, 5.74) is 0. The average molecular weight is 187 g/mol. The van der Waals surface area contributed by atoms with E-state index in [-0.39, 0.29) is 0 Å². The molecule has 0 aliphatic heterocycles. The SMILES string of the molecule is C=[C]([SnH])C1CC1. The normalized spacial score (nSPS) is 20.8. The van der Waals surface area contributed by atoms with Gasteiger partial charge in [0.05, 0.1) is 0 Å². The van der Waals surface area contributed by atoms with E-state index in [2.05, 4.69) is 6.58 Å². The summed E-state index contributed by atoms with van der Waals surface area (Å²) in [7, 11) is 0. The summed E-state index contributed by atoms with van der Waals surface area (Å²) in [6, 6.07) is 0. The first-order valence-electron chi connectivity index (χ1n) is 2.25. The third-order valence-corrected chi connectivity index (χ3v) is 2.45. The summed E-state index contributed by atoms with van der Waals surface area (Å²) in [4.78, 5) is 0. The molecule has 0 aromatic heterocycles. The van der Waals surface area contributed by atoms with E-state index in [1.165, 1.54) is 39.0 Å². The topological polar surface area (TPSA) is 0 Å². The van der Waals surface area contributed by atoms with Crippen LogP contribution in [0.3, 0.4) is 0 Å². The van der Waals surface area contributed by atoms with Crippen LogP contribution in [0.25, 0.3) is 0 Å². The average Bonchev–Trinajstić information content (AvgIpc) is 2.06. The van der Waals surface area contributed by atoms with Crippen LogP contribution in [0.5, 0.6) is 0 Å². The van der Waals surface area contributed by atoms with Crippen LogP contribution in [-0.2, 0) is 0 Å². The minimum atomic E-state index is 0.965. The second kappa shape index (κ2) is 1.56. The van der Waals surface area contributed by atoms with Gasteiger partial charge in [0, 0.05) is 0 Å². The molecule has 0 aromatic rings. The van der Waals surface area contributed by atoms with Gasteiger partial charge >= 0.3 is 51.5 Å². The van der Waals surface area contributed by atoms with E-state index in [9.17, 15) is 0 Å². The molecule has 0 aromatic carbocycles. The molecule has 0 atom stereocenters. The summed E-state index contributed by atoms with van der Waals surface area (Å²) in [5, 5.41) is 0. The predicted molar refractivity (Wildman–Crippen MR) is 29.0 cm³/mol. The molecule has 32 valence electrons. The maximum absolute atomic E-state index is 3.87. The summed E-state index contributed by atoms with van der Waals surface area (Å²) in [6.45, 7) is 3.87. The van der Waals surface area contributed by atoms with Gasteiger partial charge in [-0.25, -0.2) is 0 Å². The van der Waals surface area contributed by atoms with E-state index < -0.39 is 0 Å². The van der Waals surface area contributed by atoms with Crippen LogP contribution in [0.15, 0.2) is 10.2 Å². The first kappa shape index (κ1) is 4.69. The quantitative estimate of drug-likeness (QED) is 0.532. The predicted octanol–water partition coefficient (Wildman–Crippen LogP) is 0.811. The van der Waals surface area contributed by atoms with Gasteiger partial charge in [0.1, 0.15) is 0 Å². The molecule has 1 heteroatoms. The van der Waals surface area contributed by atoms with Crippen molar-refractivity contribution in [3.05, 3.63) is 10.2 Å². The van der Waals surface area contributed by atoms with Crippen molar-refractivity contribution in [3.63, 3.8) is 0 Å². The number of allylic oxidation sites excluding steroid dienone is 1. The third-order valence-electron chi connectivity index (χ3n) is 1.10. The zero-order valence-electron chi connectivity index (χ0n) is 3.78. The van der Waals surface area contributed by atoms with Crippen molar-refractivity contribution >= 4 is 22.5 Å². The molecule has 1 rings (SSSR count). The van der Waals surface area contributed by atoms with Crippen molar-refractivity contribution in [1.29, 1.82) is 0 Å². The molecule has 1 aliphatic carbocycles. The van der Waals surface area contributed by atoms with Gasteiger partial charge in [-0.15, -0.1) is 0 Å². The Morgan fingerprint density at radius 3 is 2.17 bits per heavy atom. The fourth-order valence-corrected chi connectivity index (χ4v) is 1.41. The molecular formula is C5H8Sn. The van der Waals surface area contributed by atoms with Crippen LogP contribution in [0.2, 0.25) is 0 Å². The number of rotatable bonds is 1. The zero-order chi connectivity index (χ0) is 4.57. The molecule has 1 aliphatic rings. The fraction of sp³-hybridized carbons (Fsp3) is 0.600. The van der Waals surface area contributed by atoms with Gasteiger partial charge in [0.2, 0.25) is 0 Å². The first-order chi connectivity index (χ1) is 2.80. The molecule has 0 bridgehead atoms. The summed E-state index contributed by atoms with van der Waals surface area (Å²) >= 11 is 1.28. The third kappa shape index (κ3) is 1.00. The Kier molecular flexibility index (Phi) is 1.22. The van der Waals surface area contributed by atoms with Gasteiger partial charge < -0.3 is 0 Å². The molecular weight excluding hydrogens is 179 g/mol. The Hall–Kier alpha value is 0.539. The van der Waals surface area contributed by atoms with E-state index in [1.54, 1.807) is 0 Å². The van der Waals surface area contributed by atoms with E-state index >= 15 is 0 Å². The number of hydrogen-bond acceptors (Lipinski definition) is 0. The molecule has 1 fully saturated rings. The molecule has 0 saturated heterocycles. The van der Waals surface area contributed by atoms with Gasteiger partial charge in [-0.3, -0.25) is 0 Å². The van der Waals surface area contributed by atoms with E-state index in [0.29, 0.717) is 0 Å². The van der Waals surface area contributed by atoms with Crippen molar-refractivity contribution < 1.29 is 0 Å². The zero-order valence-corrected chi connectivity index (χ0v) is 7.07. The van der Waals surface area contributed by atoms with Crippen LogP contribution in [0.1, 0.15) is 12.8 Å². The van der Waals surface area contributed by atoms with E-state index in [4.69, 9.17) is 0 Å².